The van der Waals surface area contributed by atoms with E-state index in [2.05, 4.69) is 155 Å². The number of carboxylic acid groups (broad SMARTS) is 1. The molecule has 6 aromatic carbocycles. The molecule has 17 heteroatoms. The van der Waals surface area contributed by atoms with Crippen LogP contribution in [0, 0.1) is 11.8 Å². The fraction of sp³-hybridized carbons (Fsp3) is 0.447. The Kier molecular flexibility index (Phi) is 27.1. The second-order valence-electron chi connectivity index (χ2n) is 30.3. The van der Waals surface area contributed by atoms with Crippen molar-refractivity contribution >= 4 is 48.2 Å². The van der Waals surface area contributed by atoms with E-state index in [9.17, 15) is 24.0 Å². The molecule has 0 unspecified atom stereocenters. The van der Waals surface area contributed by atoms with Gasteiger partial charge in [-0.3, -0.25) is 34.0 Å². The summed E-state index contributed by atoms with van der Waals surface area (Å²) in [5, 5.41) is 8.87. The maximum absolute atomic E-state index is 13.3. The number of benzene rings is 6. The lowest BCUT2D eigenvalue weighted by Gasteiger charge is -2.39. The fourth-order valence-corrected chi connectivity index (χ4v) is 14.9. The standard InChI is InChI=1S/C30H39N3O4.C29H36N2O4.C26H32N2O2/c1-30(2,3)37-29(35)33(27-20-26(27)24-11-6-5-7-12-24)25-15-17-32(18-16-25)21-23-10-8-9-22(19-23)13-14-28(34)31-36-4;1-29(2,3)35-28(34)31(26-19-25(26)23-10-5-4-6-11-23)24-14-16-30(17-15-24)20-22-9-7-8-21(18-22)12-13-27(32)33;1-30-27-26(29)11-10-20-6-5-7-22(16-20)19-28-14-12-21(13-15-28)17-24-18-25(24)23-8-3-2-4-9-23/h5-14,19,25-27H,15-18,20-21H2,1-4H3,(H,31,34);4-13,18,24-26H,14-17,19-20H2,1-3H3,(H,32,33);2-11,16,21,24-25H,12-15,17-19H2,1H3,(H,27,29)/b14-13+;13-12+;11-10+/t26-,27+;25-,26+;24-,25+/m001/s1. The molecule has 3 N–H and O–H groups in total. The van der Waals surface area contributed by atoms with Crippen molar-refractivity contribution in [2.24, 2.45) is 11.8 Å². The molecule has 542 valence electrons. The average molecular weight is 1390 g/mol. The van der Waals surface area contributed by atoms with E-state index in [1.54, 1.807) is 12.2 Å². The molecule has 102 heavy (non-hydrogen) atoms. The molecule has 0 spiro atoms. The van der Waals surface area contributed by atoms with Crippen LogP contribution in [0.15, 0.2) is 182 Å². The average Bonchev–Trinajstić information content (AvgIpc) is 1.60. The quantitative estimate of drug-likeness (QED) is 0.0407. The molecule has 0 radical (unpaired) electrons. The van der Waals surface area contributed by atoms with E-state index in [0.717, 1.165) is 130 Å². The highest BCUT2D eigenvalue weighted by Gasteiger charge is 2.50. The maximum Gasteiger partial charge on any atom is 0.410 e. The number of carbonyl (C=O) groups is 5. The summed E-state index contributed by atoms with van der Waals surface area (Å²) in [5.41, 5.74) is 14.2. The van der Waals surface area contributed by atoms with Gasteiger partial charge in [-0.05, 0) is 205 Å². The first-order chi connectivity index (χ1) is 49.1. The van der Waals surface area contributed by atoms with Gasteiger partial charge in [0.2, 0.25) is 0 Å². The first-order valence-corrected chi connectivity index (χ1v) is 36.7. The van der Waals surface area contributed by atoms with Gasteiger partial charge in [-0.25, -0.2) is 25.3 Å². The summed E-state index contributed by atoms with van der Waals surface area (Å²) in [5.74, 6) is 1.86. The predicted molar refractivity (Wildman–Crippen MR) is 402 cm³/mol. The van der Waals surface area contributed by atoms with Crippen LogP contribution < -0.4 is 11.0 Å². The minimum atomic E-state index is -0.947. The van der Waals surface area contributed by atoms with Crippen molar-refractivity contribution in [2.45, 2.75) is 179 Å². The van der Waals surface area contributed by atoms with Crippen molar-refractivity contribution in [1.82, 2.24) is 35.5 Å². The van der Waals surface area contributed by atoms with Crippen LogP contribution in [-0.2, 0) is 53.2 Å². The molecule has 12 rings (SSSR count). The minimum absolute atomic E-state index is 0.171. The number of amides is 4. The fourth-order valence-electron chi connectivity index (χ4n) is 14.9. The Morgan fingerprint density at radius 1 is 0.451 bits per heavy atom. The molecule has 6 aliphatic rings. The molecule has 6 fully saturated rings. The third-order valence-corrected chi connectivity index (χ3v) is 20.0. The van der Waals surface area contributed by atoms with Crippen LogP contribution >= 0.6 is 0 Å². The minimum Gasteiger partial charge on any atom is -0.478 e. The summed E-state index contributed by atoms with van der Waals surface area (Å²) >= 11 is 0. The van der Waals surface area contributed by atoms with Crippen molar-refractivity contribution in [3.05, 3.63) is 232 Å². The van der Waals surface area contributed by atoms with E-state index in [0.29, 0.717) is 11.8 Å². The molecule has 0 aromatic heterocycles. The number of hydroxylamine groups is 2. The molecule has 3 heterocycles. The number of hydrogen-bond acceptors (Lipinski definition) is 12. The number of rotatable bonds is 23. The largest absolute Gasteiger partial charge is 0.478 e. The topological polar surface area (TPSA) is 183 Å². The van der Waals surface area contributed by atoms with Gasteiger partial charge in [0.05, 0.1) is 14.2 Å². The third-order valence-electron chi connectivity index (χ3n) is 20.0. The smallest absolute Gasteiger partial charge is 0.410 e. The predicted octanol–water partition coefficient (Wildman–Crippen LogP) is 15.5. The molecule has 4 amide bonds. The van der Waals surface area contributed by atoms with E-state index in [1.807, 2.05) is 101 Å². The molecule has 6 atom stereocenters. The molecule has 6 aromatic rings. The first-order valence-electron chi connectivity index (χ1n) is 36.7. The normalized spacial score (nSPS) is 21.3. The molecule has 3 saturated heterocycles. The number of likely N-dealkylation sites (tertiary alicyclic amines) is 3. The molecule has 3 saturated carbocycles. The summed E-state index contributed by atoms with van der Waals surface area (Å²) in [7, 11) is 2.84. The van der Waals surface area contributed by atoms with Gasteiger partial charge in [-0.1, -0.05) is 164 Å². The zero-order valence-electron chi connectivity index (χ0n) is 61.0. The van der Waals surface area contributed by atoms with Gasteiger partial charge in [-0.15, -0.1) is 0 Å². The van der Waals surface area contributed by atoms with E-state index in [1.165, 1.54) is 93.0 Å². The zero-order valence-corrected chi connectivity index (χ0v) is 61.0. The van der Waals surface area contributed by atoms with Crippen LogP contribution in [0.5, 0.6) is 0 Å². The molecule has 3 aliphatic carbocycles. The van der Waals surface area contributed by atoms with Crippen molar-refractivity contribution in [3.63, 3.8) is 0 Å². The van der Waals surface area contributed by atoms with Crippen LogP contribution in [0.2, 0.25) is 0 Å². The van der Waals surface area contributed by atoms with Gasteiger partial charge in [-0.2, -0.15) is 0 Å². The lowest BCUT2D eigenvalue weighted by atomic mass is 9.90. The number of carbonyl (C=O) groups excluding carboxylic acids is 4. The Labute approximate surface area is 604 Å². The first kappa shape index (κ1) is 75.9. The molecule has 0 bridgehead atoms. The maximum atomic E-state index is 13.3. The van der Waals surface area contributed by atoms with Crippen LogP contribution in [0.25, 0.3) is 18.2 Å². The lowest BCUT2D eigenvalue weighted by molar-refractivity contribution is -0.131. The Bertz CT molecular complexity index is 3770. The number of nitrogens with zero attached hydrogens (tertiary/aromatic N) is 5. The van der Waals surface area contributed by atoms with E-state index in [4.69, 9.17) is 14.6 Å². The Morgan fingerprint density at radius 2 is 0.794 bits per heavy atom. The van der Waals surface area contributed by atoms with Gasteiger partial charge in [0.1, 0.15) is 11.2 Å². The van der Waals surface area contributed by atoms with Gasteiger partial charge in [0.15, 0.2) is 0 Å². The van der Waals surface area contributed by atoms with Gasteiger partial charge in [0.25, 0.3) is 11.8 Å². The van der Waals surface area contributed by atoms with Crippen molar-refractivity contribution < 1.29 is 48.2 Å². The molecule has 3 aliphatic heterocycles. The van der Waals surface area contributed by atoms with Crippen LogP contribution in [0.4, 0.5) is 9.59 Å². The summed E-state index contributed by atoms with van der Waals surface area (Å²) in [6.45, 7) is 20.2. The van der Waals surface area contributed by atoms with Gasteiger partial charge in [0, 0.05) is 100 Å². The number of carboxylic acids is 1. The summed E-state index contributed by atoms with van der Waals surface area (Å²) in [4.78, 5) is 81.3. The Hall–Kier alpha value is -8.71. The van der Waals surface area contributed by atoms with Crippen molar-refractivity contribution in [1.29, 1.82) is 0 Å². The van der Waals surface area contributed by atoms with Crippen molar-refractivity contribution in [3.8, 4) is 0 Å². The number of hydrogen-bond donors (Lipinski definition) is 3. The second kappa shape index (κ2) is 36.4. The Morgan fingerprint density at radius 3 is 1.14 bits per heavy atom. The van der Waals surface area contributed by atoms with Crippen LogP contribution in [0.1, 0.15) is 174 Å². The summed E-state index contributed by atoms with van der Waals surface area (Å²) < 4.78 is 11.7. The van der Waals surface area contributed by atoms with E-state index < -0.39 is 17.2 Å². The Balaban J connectivity index is 0.000000166. The molecule has 17 nitrogen and oxygen atoms in total. The third kappa shape index (κ3) is 23.9. The van der Waals surface area contributed by atoms with Crippen molar-refractivity contribution in [2.75, 3.05) is 53.5 Å². The lowest BCUT2D eigenvalue weighted by Crippen LogP contribution is -2.50. The highest BCUT2D eigenvalue weighted by molar-refractivity contribution is 5.91. The highest BCUT2D eigenvalue weighted by Crippen LogP contribution is 2.52. The van der Waals surface area contributed by atoms with Gasteiger partial charge < -0.3 is 24.4 Å². The zero-order chi connectivity index (χ0) is 72.2. The SMILES string of the molecule is CC(C)(C)OC(=O)N(C1CCN(Cc2cccc(/C=C/C(=O)O)c2)CC1)[C@@H]1C[C@H]1c1ccccc1.CONC(=O)/C=C/c1cccc(CN2CCC(C[C@@H]3C[C@H]3c3ccccc3)CC2)c1.CONC(=O)/C=C/c1cccc(CN2CCC(N(C(=O)OC(C)(C)C)[C@@H]3C[C@H]3c3ccccc3)CC2)c1. The number of nitrogens with one attached hydrogen (secondary N) is 2. The highest BCUT2D eigenvalue weighted by atomic mass is 16.6. The number of piperidine rings is 3. The van der Waals surface area contributed by atoms with Crippen LogP contribution in [-0.4, -0.2) is 148 Å². The monoisotopic (exact) mass is 1390 g/mol. The van der Waals surface area contributed by atoms with E-state index >= 15 is 0 Å². The van der Waals surface area contributed by atoms with Gasteiger partial charge >= 0.3 is 18.2 Å². The number of aliphatic carboxylic acids is 1. The summed E-state index contributed by atoms with van der Waals surface area (Å²) in [6, 6.07) is 57.3. The second-order valence-corrected chi connectivity index (χ2v) is 30.3. The van der Waals surface area contributed by atoms with Crippen LogP contribution in [0.3, 0.4) is 0 Å². The molecular formula is C85H107N7O10. The molecular weight excluding hydrogens is 1280 g/mol. The number of ether oxygens (including phenoxy) is 2. The van der Waals surface area contributed by atoms with E-state index in [-0.39, 0.29) is 48.2 Å². The summed E-state index contributed by atoms with van der Waals surface area (Å²) in [6.07, 6.45) is 20.0.